The average Bonchev–Trinajstić information content (AvgIpc) is 3.85. The monoisotopic (exact) mass is 798 g/mol. The summed E-state index contributed by atoms with van der Waals surface area (Å²) in [5.41, 5.74) is 12.8. The molecular weight excluding hydrogens is 741 g/mol. The first-order chi connectivity index (χ1) is 28.1. The van der Waals surface area contributed by atoms with Crippen molar-refractivity contribution in [1.82, 2.24) is 4.98 Å². The lowest BCUT2D eigenvalue weighted by molar-refractivity contribution is -0.137. The maximum absolute atomic E-state index is 11.9. The summed E-state index contributed by atoms with van der Waals surface area (Å²) in [6.45, 7) is 18.5. The number of carbonyl (C=O) groups is 2. The first-order valence-corrected chi connectivity index (χ1v) is 20.4. The van der Waals surface area contributed by atoms with Gasteiger partial charge in [0.2, 0.25) is 0 Å². The zero-order valence-electron chi connectivity index (χ0n) is 35.5. The average molecular weight is 799 g/mol. The van der Waals surface area contributed by atoms with Crippen LogP contribution >= 0.6 is 0 Å². The molecule has 10 heteroatoms. The highest BCUT2D eigenvalue weighted by atomic mass is 16.4. The SMILES string of the molecule is C=Cc1c(C)c2[nH]c1=CC1=NC(=CC3=C(CCC(=O)O)C(=CO)C(=N3)C=C3N=C(C=2)C(C(O)CCC=C(C)CCC=C(C)CCC=C(C)C)=C3C)C(CCC(=O)O)=C1C. The number of H-pyrrole nitrogens is 1. The quantitative estimate of drug-likeness (QED) is 0.0778. The van der Waals surface area contributed by atoms with Crippen LogP contribution in [0.4, 0.5) is 0 Å². The lowest BCUT2D eigenvalue weighted by Crippen LogP contribution is -2.20. The van der Waals surface area contributed by atoms with Crippen LogP contribution < -0.4 is 10.7 Å². The van der Waals surface area contributed by atoms with Crippen molar-refractivity contribution in [2.75, 3.05) is 0 Å². The van der Waals surface area contributed by atoms with Gasteiger partial charge in [-0.15, -0.1) is 0 Å². The predicted molar refractivity (Wildman–Crippen MR) is 240 cm³/mol. The summed E-state index contributed by atoms with van der Waals surface area (Å²) in [5.74, 6) is -1.94. The van der Waals surface area contributed by atoms with Gasteiger partial charge < -0.3 is 25.4 Å². The van der Waals surface area contributed by atoms with Crippen molar-refractivity contribution in [2.45, 2.75) is 119 Å². The molecule has 1 aromatic heterocycles. The molecule has 4 aliphatic rings. The minimum absolute atomic E-state index is 0.0833. The standard InChI is InChI=1S/C49H58N4O6/c1-9-34-31(6)39-25-45-49(46(55)18-12-17-30(5)16-11-15-29(4)14-10-13-28(2)3)33(8)40(52-45)24-44-37(27-54)36(20-22-48(58)59)43(53-44)26-42-35(19-21-47(56)57)32(7)38(51-42)23-41(34)50-39/h9,13,15,17,23-27,46,50,54-55H,1,10-12,14,16,18-22H2,2-8H3,(H,56,57)(H,58,59). The van der Waals surface area contributed by atoms with Crippen LogP contribution in [0.5, 0.6) is 0 Å². The fraction of sp³-hybridized carbons (Fsp3) is 0.367. The number of aliphatic imine (C=N–C) groups is 3. The van der Waals surface area contributed by atoms with Crippen LogP contribution in [0.3, 0.4) is 0 Å². The number of nitrogens with zero attached hydrogens (tertiary/aromatic N) is 3. The molecule has 10 nitrogen and oxygen atoms in total. The van der Waals surface area contributed by atoms with Gasteiger partial charge in [0, 0.05) is 40.2 Å². The van der Waals surface area contributed by atoms with Gasteiger partial charge in [-0.3, -0.25) is 9.59 Å². The van der Waals surface area contributed by atoms with E-state index in [9.17, 15) is 30.0 Å². The summed E-state index contributed by atoms with van der Waals surface area (Å²) in [4.78, 5) is 41.9. The number of rotatable bonds is 17. The maximum Gasteiger partial charge on any atom is 0.303 e. The van der Waals surface area contributed by atoms with E-state index in [0.717, 1.165) is 70.5 Å². The fourth-order valence-electron chi connectivity index (χ4n) is 7.81. The van der Waals surface area contributed by atoms with Gasteiger partial charge in [-0.2, -0.15) is 0 Å². The number of carboxylic acid groups (broad SMARTS) is 2. The molecule has 4 aliphatic heterocycles. The lowest BCUT2D eigenvalue weighted by atomic mass is 9.94. The molecule has 0 saturated carbocycles. The summed E-state index contributed by atoms with van der Waals surface area (Å²) in [5, 5.41) is 43.2. The van der Waals surface area contributed by atoms with Crippen LogP contribution in [-0.4, -0.2) is 60.6 Å². The van der Waals surface area contributed by atoms with Gasteiger partial charge in [-0.05, 0) is 152 Å². The molecule has 0 spiro atoms. The Morgan fingerprint density at radius 3 is 1.97 bits per heavy atom. The van der Waals surface area contributed by atoms with E-state index < -0.39 is 18.0 Å². The van der Waals surface area contributed by atoms with Crippen molar-refractivity contribution in [3.8, 4) is 0 Å². The van der Waals surface area contributed by atoms with E-state index in [2.05, 4.69) is 57.5 Å². The molecule has 310 valence electrons. The number of allylic oxidation sites excluding steroid dienone is 13. The molecule has 8 bridgehead atoms. The van der Waals surface area contributed by atoms with Crippen molar-refractivity contribution in [2.24, 2.45) is 15.0 Å². The first-order valence-electron chi connectivity index (χ1n) is 20.4. The number of fused-ring (bicyclic) bond motifs is 5. The molecule has 0 radical (unpaired) electrons. The highest BCUT2D eigenvalue weighted by molar-refractivity contribution is 6.25. The molecule has 0 fully saturated rings. The molecule has 1 unspecified atom stereocenters. The van der Waals surface area contributed by atoms with Crippen molar-refractivity contribution >= 4 is 47.3 Å². The van der Waals surface area contributed by atoms with Crippen LogP contribution in [0.1, 0.15) is 117 Å². The molecule has 1 aromatic rings. The van der Waals surface area contributed by atoms with E-state index in [1.165, 1.54) is 16.7 Å². The number of aromatic nitrogens is 1. The number of hydrogen-bond acceptors (Lipinski definition) is 7. The van der Waals surface area contributed by atoms with Gasteiger partial charge in [0.05, 0.1) is 46.6 Å². The molecular formula is C49H58N4O6. The Morgan fingerprint density at radius 1 is 0.729 bits per heavy atom. The van der Waals surface area contributed by atoms with E-state index in [1.807, 2.05) is 32.9 Å². The summed E-state index contributed by atoms with van der Waals surface area (Å²) in [7, 11) is 0. The van der Waals surface area contributed by atoms with Gasteiger partial charge in [0.25, 0.3) is 0 Å². The van der Waals surface area contributed by atoms with Crippen molar-refractivity contribution in [3.63, 3.8) is 0 Å². The molecule has 0 amide bonds. The van der Waals surface area contributed by atoms with Gasteiger partial charge in [0.1, 0.15) is 0 Å². The van der Waals surface area contributed by atoms with E-state index in [-0.39, 0.29) is 25.7 Å². The van der Waals surface area contributed by atoms with Crippen LogP contribution in [-0.2, 0) is 9.59 Å². The highest BCUT2D eigenvalue weighted by Crippen LogP contribution is 2.37. The fourth-order valence-corrected chi connectivity index (χ4v) is 7.81. The summed E-state index contributed by atoms with van der Waals surface area (Å²) >= 11 is 0. The Balaban J connectivity index is 1.58. The second-order valence-electron chi connectivity index (χ2n) is 15.9. The molecule has 59 heavy (non-hydrogen) atoms. The van der Waals surface area contributed by atoms with Crippen LogP contribution in [0.25, 0.3) is 18.2 Å². The number of hydrogen-bond donors (Lipinski definition) is 5. The molecule has 5 rings (SSSR count). The summed E-state index contributed by atoms with van der Waals surface area (Å²) in [6, 6.07) is 0. The molecule has 0 saturated heterocycles. The maximum atomic E-state index is 11.9. The Hall–Kier alpha value is -5.87. The van der Waals surface area contributed by atoms with Gasteiger partial charge in [-0.25, -0.2) is 15.0 Å². The Bertz CT molecular complexity index is 2440. The molecule has 5 N–H and O–H groups in total. The lowest BCUT2D eigenvalue weighted by Gasteiger charge is -2.13. The number of aliphatic carboxylic acids is 2. The Labute approximate surface area is 347 Å². The van der Waals surface area contributed by atoms with Crippen molar-refractivity contribution < 1.29 is 30.0 Å². The van der Waals surface area contributed by atoms with E-state index >= 15 is 0 Å². The smallest absolute Gasteiger partial charge is 0.303 e. The third kappa shape index (κ3) is 10.8. The van der Waals surface area contributed by atoms with Crippen LogP contribution in [0.2, 0.25) is 0 Å². The number of aliphatic hydroxyl groups excluding tert-OH is 2. The third-order valence-corrected chi connectivity index (χ3v) is 11.2. The largest absolute Gasteiger partial charge is 0.515 e. The minimum Gasteiger partial charge on any atom is -0.515 e. The van der Waals surface area contributed by atoms with Crippen molar-refractivity contribution in [1.29, 1.82) is 0 Å². The number of nitrogens with one attached hydrogen (secondary N) is 1. The third-order valence-electron chi connectivity index (χ3n) is 11.2. The van der Waals surface area contributed by atoms with E-state index in [1.54, 1.807) is 18.2 Å². The van der Waals surface area contributed by atoms with Gasteiger partial charge >= 0.3 is 11.9 Å². The zero-order chi connectivity index (χ0) is 43.0. The van der Waals surface area contributed by atoms with E-state index in [0.29, 0.717) is 63.8 Å². The normalized spacial score (nSPS) is 18.0. The second-order valence-corrected chi connectivity index (χ2v) is 15.9. The number of aromatic amines is 1. The number of aliphatic hydroxyl groups is 2. The topological polar surface area (TPSA) is 168 Å². The first kappa shape index (κ1) is 44.2. The Morgan fingerprint density at radius 2 is 1.34 bits per heavy atom. The van der Waals surface area contributed by atoms with Crippen LogP contribution in [0, 0.1) is 6.92 Å². The molecule has 0 aromatic carbocycles. The molecule has 0 aliphatic carbocycles. The highest BCUT2D eigenvalue weighted by Gasteiger charge is 2.30. The Kier molecular flexibility index (Phi) is 14.8. The van der Waals surface area contributed by atoms with Gasteiger partial charge in [-0.1, -0.05) is 47.6 Å². The molecule has 1 atom stereocenters. The number of carboxylic acids is 2. The molecule has 5 heterocycles. The zero-order valence-corrected chi connectivity index (χ0v) is 35.5. The van der Waals surface area contributed by atoms with E-state index in [4.69, 9.17) is 15.0 Å². The second kappa shape index (κ2) is 19.7. The summed E-state index contributed by atoms with van der Waals surface area (Å²) < 4.78 is 0. The van der Waals surface area contributed by atoms with Crippen LogP contribution in [0.15, 0.2) is 125 Å². The minimum atomic E-state index is -1.00. The predicted octanol–water partition coefficient (Wildman–Crippen LogP) is 9.29. The summed E-state index contributed by atoms with van der Waals surface area (Å²) in [6.07, 6.45) is 21.3. The van der Waals surface area contributed by atoms with Crippen molar-refractivity contribution in [3.05, 3.63) is 132 Å². The van der Waals surface area contributed by atoms with Gasteiger partial charge in [0.15, 0.2) is 0 Å².